The lowest BCUT2D eigenvalue weighted by atomic mass is 9.63. The normalized spacial score (nSPS) is 35.4. The van der Waals surface area contributed by atoms with Crippen LogP contribution in [-0.4, -0.2) is 10.2 Å². The summed E-state index contributed by atoms with van der Waals surface area (Å²) in [6.45, 7) is 3.91. The highest BCUT2D eigenvalue weighted by molar-refractivity contribution is 5.45. The second-order valence-electron chi connectivity index (χ2n) is 9.98. The van der Waals surface area contributed by atoms with Crippen molar-refractivity contribution in [2.45, 2.75) is 36.6 Å². The molecule has 2 fully saturated rings. The summed E-state index contributed by atoms with van der Waals surface area (Å²) in [5, 5.41) is 24.7. The first kappa shape index (κ1) is 23.1. The van der Waals surface area contributed by atoms with Crippen LogP contribution in [0.3, 0.4) is 0 Å². The van der Waals surface area contributed by atoms with Gasteiger partial charge in [-0.15, -0.1) is 0 Å². The van der Waals surface area contributed by atoms with Crippen LogP contribution in [0.1, 0.15) is 36.1 Å². The molecule has 0 unspecified atom stereocenters. The van der Waals surface area contributed by atoms with Crippen molar-refractivity contribution in [2.75, 3.05) is 0 Å². The minimum Gasteiger partial charge on any atom is -0.361 e. The molecule has 0 aromatic heterocycles. The molecule has 4 aromatic rings. The zero-order valence-electron chi connectivity index (χ0n) is 20.4. The summed E-state index contributed by atoms with van der Waals surface area (Å²) in [7, 11) is 0. The molecule has 2 N–H and O–H groups in total. The van der Waals surface area contributed by atoms with Crippen molar-refractivity contribution >= 4 is 0 Å². The Morgan fingerprint density at radius 1 is 0.444 bits per heavy atom. The molecule has 0 spiro atoms. The Balaban J connectivity index is 1.70. The van der Waals surface area contributed by atoms with Gasteiger partial charge in [-0.25, -0.2) is 0 Å². The lowest BCUT2D eigenvalue weighted by Gasteiger charge is -2.41. The van der Waals surface area contributed by atoms with E-state index in [2.05, 4.69) is 0 Å². The highest BCUT2D eigenvalue weighted by Crippen LogP contribution is 2.73. The highest BCUT2D eigenvalue weighted by Gasteiger charge is 2.81. The van der Waals surface area contributed by atoms with E-state index in [1.165, 1.54) is 0 Å². The first-order valence-corrected chi connectivity index (χ1v) is 12.5. The van der Waals surface area contributed by atoms with E-state index < -0.39 is 34.6 Å². The van der Waals surface area contributed by atoms with Crippen LogP contribution in [-0.2, 0) is 32.3 Å². The highest BCUT2D eigenvalue weighted by atomic mass is 16.7. The second-order valence-corrected chi connectivity index (χ2v) is 9.98. The zero-order valence-corrected chi connectivity index (χ0v) is 20.4. The molecule has 6 rings (SSSR count). The quantitative estimate of drug-likeness (QED) is 0.389. The lowest BCUT2D eigenvalue weighted by Crippen LogP contribution is -2.48. The van der Waals surface area contributed by atoms with Gasteiger partial charge in [0.15, 0.2) is 11.6 Å². The van der Waals surface area contributed by atoms with Gasteiger partial charge in [0.1, 0.15) is 11.2 Å². The van der Waals surface area contributed by atoms with E-state index in [0.717, 1.165) is 11.1 Å². The third-order valence-electron chi connectivity index (χ3n) is 8.36. The van der Waals surface area contributed by atoms with Crippen molar-refractivity contribution in [3.63, 3.8) is 0 Å². The Hall–Kier alpha value is -3.28. The van der Waals surface area contributed by atoms with E-state index in [0.29, 0.717) is 11.1 Å². The zero-order chi connectivity index (χ0) is 25.0. The molecule has 0 bridgehead atoms. The number of aliphatic hydroxyl groups is 2. The second kappa shape index (κ2) is 8.12. The molecule has 4 nitrogen and oxygen atoms in total. The predicted molar refractivity (Wildman–Crippen MR) is 137 cm³/mol. The van der Waals surface area contributed by atoms with Crippen LogP contribution >= 0.6 is 0 Å². The molecule has 2 aliphatic heterocycles. The van der Waals surface area contributed by atoms with Gasteiger partial charge in [0, 0.05) is 11.1 Å². The first-order valence-electron chi connectivity index (χ1n) is 12.5. The summed E-state index contributed by atoms with van der Waals surface area (Å²) in [6.07, 6.45) is 0. The van der Waals surface area contributed by atoms with Crippen molar-refractivity contribution in [3.05, 3.63) is 144 Å². The molecule has 2 aliphatic rings. The molecule has 4 heteroatoms. The van der Waals surface area contributed by atoms with Gasteiger partial charge >= 0.3 is 0 Å². The van der Waals surface area contributed by atoms with Crippen LogP contribution in [0.15, 0.2) is 121 Å². The Labute approximate surface area is 211 Å². The number of fused-ring (bicyclic) bond motifs is 1. The summed E-state index contributed by atoms with van der Waals surface area (Å²) < 4.78 is 14.0. The van der Waals surface area contributed by atoms with Crippen LogP contribution in [0, 0.1) is 11.8 Å². The molecule has 4 aromatic carbocycles. The van der Waals surface area contributed by atoms with E-state index in [4.69, 9.17) is 9.47 Å². The summed E-state index contributed by atoms with van der Waals surface area (Å²) in [5.41, 5.74) is 0.543. The van der Waals surface area contributed by atoms with Crippen molar-refractivity contribution in [2.24, 2.45) is 11.8 Å². The Morgan fingerprint density at radius 2 is 0.694 bits per heavy atom. The average molecular weight is 479 g/mol. The topological polar surface area (TPSA) is 58.9 Å². The summed E-state index contributed by atoms with van der Waals surface area (Å²) >= 11 is 0. The standard InChI is InChI=1S/C32H30O4/c1-23-29(25-15-7-3-8-16-25)30(26-17-9-4-10-18-26,36-31(23,33)27-19-11-5-12-20-27)24(2)32(34,35-29)28-21-13-6-14-22-28/h3-24,33-34H,1-2H3/t23-,24-,29-,30-,31-,32-/m0/s1. The predicted octanol–water partition coefficient (Wildman–Crippen LogP) is 5.80. The molecule has 2 heterocycles. The fourth-order valence-electron chi connectivity index (χ4n) is 6.58. The van der Waals surface area contributed by atoms with Crippen LogP contribution in [0.25, 0.3) is 0 Å². The Morgan fingerprint density at radius 3 is 0.972 bits per heavy atom. The third-order valence-corrected chi connectivity index (χ3v) is 8.36. The monoisotopic (exact) mass is 478 g/mol. The minimum absolute atomic E-state index is 0.588. The number of hydrogen-bond donors (Lipinski definition) is 2. The molecule has 2 saturated heterocycles. The average Bonchev–Trinajstić information content (AvgIpc) is 3.28. The number of benzene rings is 4. The number of hydrogen-bond acceptors (Lipinski definition) is 4. The SMILES string of the molecule is C[C@H]1[C@@]2(c3ccccc3)O[C@](O)(c3ccccc3)[C@@H](C)[C@@]2(c2ccccc2)O[C@]1(O)c1ccccc1. The molecule has 36 heavy (non-hydrogen) atoms. The maximum absolute atomic E-state index is 12.4. The van der Waals surface area contributed by atoms with Crippen LogP contribution in [0.4, 0.5) is 0 Å². The molecule has 0 aliphatic carbocycles. The number of ether oxygens (including phenoxy) is 2. The molecule has 0 radical (unpaired) electrons. The Kier molecular flexibility index (Phi) is 5.22. The van der Waals surface area contributed by atoms with E-state index in [9.17, 15) is 10.2 Å². The summed E-state index contributed by atoms with van der Waals surface area (Å²) in [4.78, 5) is 0. The van der Waals surface area contributed by atoms with Gasteiger partial charge in [0.05, 0.1) is 11.8 Å². The minimum atomic E-state index is -1.67. The van der Waals surface area contributed by atoms with E-state index in [-0.39, 0.29) is 0 Å². The molecule has 0 amide bonds. The fraction of sp³-hybridized carbons (Fsp3) is 0.250. The molecule has 182 valence electrons. The Bertz CT molecular complexity index is 1240. The van der Waals surface area contributed by atoms with Gasteiger partial charge in [-0.2, -0.15) is 0 Å². The van der Waals surface area contributed by atoms with E-state index in [1.54, 1.807) is 0 Å². The molecule has 0 saturated carbocycles. The van der Waals surface area contributed by atoms with E-state index in [1.807, 2.05) is 135 Å². The maximum atomic E-state index is 12.4. The van der Waals surface area contributed by atoms with Gasteiger partial charge < -0.3 is 19.7 Å². The fourth-order valence-corrected chi connectivity index (χ4v) is 6.58. The van der Waals surface area contributed by atoms with Crippen LogP contribution in [0.2, 0.25) is 0 Å². The largest absolute Gasteiger partial charge is 0.361 e. The van der Waals surface area contributed by atoms with Gasteiger partial charge in [-0.3, -0.25) is 0 Å². The number of rotatable bonds is 4. The summed E-state index contributed by atoms with van der Waals surface area (Å²) in [5.74, 6) is -4.51. The van der Waals surface area contributed by atoms with Gasteiger partial charge in [-0.1, -0.05) is 135 Å². The van der Waals surface area contributed by atoms with Crippen molar-refractivity contribution < 1.29 is 19.7 Å². The molecular formula is C32H30O4. The van der Waals surface area contributed by atoms with Crippen molar-refractivity contribution in [3.8, 4) is 0 Å². The lowest BCUT2D eigenvalue weighted by molar-refractivity contribution is -0.294. The first-order chi connectivity index (χ1) is 17.4. The summed E-state index contributed by atoms with van der Waals surface area (Å²) in [6, 6.07) is 38.7. The van der Waals surface area contributed by atoms with Crippen LogP contribution < -0.4 is 0 Å². The van der Waals surface area contributed by atoms with Crippen LogP contribution in [0.5, 0.6) is 0 Å². The van der Waals surface area contributed by atoms with Gasteiger partial charge in [-0.05, 0) is 11.1 Å². The molecule has 6 atom stereocenters. The van der Waals surface area contributed by atoms with Crippen molar-refractivity contribution in [1.82, 2.24) is 0 Å². The maximum Gasteiger partial charge on any atom is 0.199 e. The van der Waals surface area contributed by atoms with Crippen molar-refractivity contribution in [1.29, 1.82) is 0 Å². The van der Waals surface area contributed by atoms with Gasteiger partial charge in [0.25, 0.3) is 0 Å². The van der Waals surface area contributed by atoms with Gasteiger partial charge in [0.2, 0.25) is 0 Å². The van der Waals surface area contributed by atoms with E-state index >= 15 is 0 Å². The smallest absolute Gasteiger partial charge is 0.199 e. The third kappa shape index (κ3) is 2.84. The molecular weight excluding hydrogens is 448 g/mol.